The quantitative estimate of drug-likeness (QED) is 0.809. The van der Waals surface area contributed by atoms with Crippen LogP contribution in [-0.4, -0.2) is 31.1 Å². The minimum absolute atomic E-state index is 0.267. The first kappa shape index (κ1) is 14.4. The molecule has 1 aromatic rings. The second-order valence-corrected chi connectivity index (χ2v) is 5.40. The molecule has 0 aliphatic rings. The minimum Gasteiger partial charge on any atom is -0.370 e. The second kappa shape index (κ2) is 7.62. The number of hydrogen-bond acceptors (Lipinski definition) is 3. The molecule has 0 aromatic heterocycles. The summed E-state index contributed by atoms with van der Waals surface area (Å²) in [6, 6.07) is 8.90. The fourth-order valence-corrected chi connectivity index (χ4v) is 2.42. The zero-order valence-electron chi connectivity index (χ0n) is 11.1. The average Bonchev–Trinajstić information content (AvgIpc) is 2.33. The molecular weight excluding hydrogens is 228 g/mol. The maximum absolute atomic E-state index is 6.16. The Labute approximate surface area is 110 Å². The highest BCUT2D eigenvalue weighted by molar-refractivity contribution is 7.98. The molecule has 1 atom stereocenters. The lowest BCUT2D eigenvalue weighted by atomic mass is 10.1. The molecule has 0 spiro atoms. The Morgan fingerprint density at radius 2 is 2.18 bits per heavy atom. The van der Waals surface area contributed by atoms with Crippen molar-refractivity contribution in [2.24, 2.45) is 5.73 Å². The van der Waals surface area contributed by atoms with E-state index in [9.17, 15) is 0 Å². The van der Waals surface area contributed by atoms with Crippen LogP contribution < -0.4 is 10.6 Å². The van der Waals surface area contributed by atoms with Gasteiger partial charge in [-0.1, -0.05) is 12.1 Å². The Morgan fingerprint density at radius 3 is 2.76 bits per heavy atom. The molecule has 2 N–H and O–H groups in total. The first-order valence-corrected chi connectivity index (χ1v) is 7.63. The number of hydrogen-bond donors (Lipinski definition) is 1. The Morgan fingerprint density at radius 1 is 1.41 bits per heavy atom. The van der Waals surface area contributed by atoms with E-state index in [0.717, 1.165) is 25.3 Å². The van der Waals surface area contributed by atoms with Crippen LogP contribution in [0.1, 0.15) is 18.9 Å². The lowest BCUT2D eigenvalue weighted by molar-refractivity contribution is 0.627. The lowest BCUT2D eigenvalue weighted by Gasteiger charge is -2.26. The van der Waals surface area contributed by atoms with Crippen LogP contribution in [0, 0.1) is 6.92 Å². The molecule has 0 radical (unpaired) electrons. The normalized spacial score (nSPS) is 12.5. The van der Waals surface area contributed by atoms with Crippen molar-refractivity contribution < 1.29 is 0 Å². The van der Waals surface area contributed by atoms with E-state index in [0.29, 0.717) is 0 Å². The SMILES string of the molecule is CCN(C[C@@H](N)CCSC)c1cccc(C)c1. The molecule has 0 fully saturated rings. The molecule has 0 saturated heterocycles. The van der Waals surface area contributed by atoms with E-state index in [2.05, 4.69) is 49.3 Å². The predicted octanol–water partition coefficient (Wildman–Crippen LogP) is 2.90. The largest absolute Gasteiger partial charge is 0.370 e. The molecular formula is C14H24N2S. The molecule has 0 bridgehead atoms. The van der Waals surface area contributed by atoms with E-state index in [1.807, 2.05) is 11.8 Å². The molecule has 2 nitrogen and oxygen atoms in total. The summed E-state index contributed by atoms with van der Waals surface area (Å²) in [5.74, 6) is 1.15. The average molecular weight is 252 g/mol. The maximum Gasteiger partial charge on any atom is 0.0369 e. The molecule has 96 valence electrons. The monoisotopic (exact) mass is 252 g/mol. The third-order valence-electron chi connectivity index (χ3n) is 2.90. The molecule has 0 aliphatic carbocycles. The van der Waals surface area contributed by atoms with E-state index in [1.54, 1.807) is 0 Å². The Balaban J connectivity index is 2.59. The van der Waals surface area contributed by atoms with Crippen LogP contribution in [0.25, 0.3) is 0 Å². The third kappa shape index (κ3) is 5.00. The minimum atomic E-state index is 0.267. The molecule has 0 aliphatic heterocycles. The van der Waals surface area contributed by atoms with Gasteiger partial charge in [0, 0.05) is 24.8 Å². The van der Waals surface area contributed by atoms with Gasteiger partial charge in [0.2, 0.25) is 0 Å². The van der Waals surface area contributed by atoms with Crippen LogP contribution in [0.5, 0.6) is 0 Å². The van der Waals surface area contributed by atoms with Gasteiger partial charge in [-0.2, -0.15) is 11.8 Å². The van der Waals surface area contributed by atoms with E-state index in [4.69, 9.17) is 5.73 Å². The van der Waals surface area contributed by atoms with Gasteiger partial charge in [0.05, 0.1) is 0 Å². The third-order valence-corrected chi connectivity index (χ3v) is 3.54. The summed E-state index contributed by atoms with van der Waals surface area (Å²) in [5.41, 5.74) is 8.75. The fraction of sp³-hybridized carbons (Fsp3) is 0.571. The van der Waals surface area contributed by atoms with E-state index >= 15 is 0 Å². The van der Waals surface area contributed by atoms with Crippen molar-refractivity contribution in [2.45, 2.75) is 26.3 Å². The Kier molecular flexibility index (Phi) is 6.45. The van der Waals surface area contributed by atoms with Crippen molar-refractivity contribution in [3.63, 3.8) is 0 Å². The first-order valence-electron chi connectivity index (χ1n) is 6.23. The van der Waals surface area contributed by atoms with Crippen LogP contribution in [0.2, 0.25) is 0 Å². The number of benzene rings is 1. The summed E-state index contributed by atoms with van der Waals surface area (Å²) in [6.07, 6.45) is 3.22. The second-order valence-electron chi connectivity index (χ2n) is 4.42. The molecule has 3 heteroatoms. The van der Waals surface area contributed by atoms with E-state index in [-0.39, 0.29) is 6.04 Å². The van der Waals surface area contributed by atoms with Crippen molar-refractivity contribution in [1.82, 2.24) is 0 Å². The molecule has 17 heavy (non-hydrogen) atoms. The van der Waals surface area contributed by atoms with Gasteiger partial charge in [0.15, 0.2) is 0 Å². The molecule has 0 unspecified atom stereocenters. The predicted molar refractivity (Wildman–Crippen MR) is 80.0 cm³/mol. The summed E-state index contributed by atoms with van der Waals surface area (Å²) in [5, 5.41) is 0. The zero-order chi connectivity index (χ0) is 12.7. The smallest absolute Gasteiger partial charge is 0.0369 e. The van der Waals surface area contributed by atoms with Crippen molar-refractivity contribution >= 4 is 17.4 Å². The number of anilines is 1. The molecule has 0 heterocycles. The van der Waals surface area contributed by atoms with Gasteiger partial charge < -0.3 is 10.6 Å². The van der Waals surface area contributed by atoms with Crippen molar-refractivity contribution in [3.8, 4) is 0 Å². The molecule has 1 aromatic carbocycles. The summed E-state index contributed by atoms with van der Waals surface area (Å²) in [6.45, 7) is 6.27. The number of aryl methyl sites for hydroxylation is 1. The van der Waals surface area contributed by atoms with Gasteiger partial charge in [-0.05, 0) is 50.0 Å². The highest BCUT2D eigenvalue weighted by Crippen LogP contribution is 2.16. The van der Waals surface area contributed by atoms with Crippen LogP contribution in [0.3, 0.4) is 0 Å². The van der Waals surface area contributed by atoms with Crippen LogP contribution in [0.15, 0.2) is 24.3 Å². The summed E-state index contributed by atoms with van der Waals surface area (Å²) >= 11 is 1.86. The summed E-state index contributed by atoms with van der Waals surface area (Å²) in [4.78, 5) is 2.36. The topological polar surface area (TPSA) is 29.3 Å². The van der Waals surface area contributed by atoms with Crippen molar-refractivity contribution in [1.29, 1.82) is 0 Å². The van der Waals surface area contributed by atoms with Gasteiger partial charge in [0.25, 0.3) is 0 Å². The van der Waals surface area contributed by atoms with E-state index < -0.39 is 0 Å². The zero-order valence-corrected chi connectivity index (χ0v) is 12.0. The van der Waals surface area contributed by atoms with Gasteiger partial charge >= 0.3 is 0 Å². The van der Waals surface area contributed by atoms with Crippen molar-refractivity contribution in [3.05, 3.63) is 29.8 Å². The number of likely N-dealkylation sites (N-methyl/N-ethyl adjacent to an activating group) is 1. The summed E-state index contributed by atoms with van der Waals surface area (Å²) < 4.78 is 0. The highest BCUT2D eigenvalue weighted by atomic mass is 32.2. The number of nitrogens with two attached hydrogens (primary N) is 1. The van der Waals surface area contributed by atoms with Gasteiger partial charge in [-0.3, -0.25) is 0 Å². The fourth-order valence-electron chi connectivity index (χ4n) is 1.89. The van der Waals surface area contributed by atoms with Gasteiger partial charge in [-0.15, -0.1) is 0 Å². The number of rotatable bonds is 7. The standard InChI is InChI=1S/C14H24N2S/c1-4-16(11-13(15)8-9-17-3)14-7-5-6-12(2)10-14/h5-7,10,13H,4,8-9,11,15H2,1-3H3/t13-/m0/s1. The van der Waals surface area contributed by atoms with Gasteiger partial charge in [0.1, 0.15) is 0 Å². The maximum atomic E-state index is 6.16. The Bertz CT molecular complexity index is 328. The number of nitrogens with zero attached hydrogens (tertiary/aromatic N) is 1. The highest BCUT2D eigenvalue weighted by Gasteiger charge is 2.09. The van der Waals surface area contributed by atoms with Gasteiger partial charge in [-0.25, -0.2) is 0 Å². The molecule has 0 saturated carbocycles. The molecule has 1 rings (SSSR count). The first-order chi connectivity index (χ1) is 8.17. The number of thioether (sulfide) groups is 1. The molecule has 0 amide bonds. The van der Waals surface area contributed by atoms with Crippen LogP contribution >= 0.6 is 11.8 Å². The Hall–Kier alpha value is -0.670. The van der Waals surface area contributed by atoms with Crippen LogP contribution in [-0.2, 0) is 0 Å². The summed E-state index contributed by atoms with van der Waals surface area (Å²) in [7, 11) is 0. The lowest BCUT2D eigenvalue weighted by Crippen LogP contribution is -2.38. The van der Waals surface area contributed by atoms with E-state index in [1.165, 1.54) is 11.3 Å². The van der Waals surface area contributed by atoms with Crippen LogP contribution in [0.4, 0.5) is 5.69 Å². The van der Waals surface area contributed by atoms with Crippen molar-refractivity contribution in [2.75, 3.05) is 30.0 Å².